The third-order valence-corrected chi connectivity index (χ3v) is 8.87. The predicted octanol–water partition coefficient (Wildman–Crippen LogP) is 6.54. The number of nitrogens with one attached hydrogen (secondary N) is 1. The topological polar surface area (TPSA) is 166 Å². The molecule has 1 rings (SSSR count). The molecule has 0 unspecified atom stereocenters. The van der Waals surface area contributed by atoms with Gasteiger partial charge in [0, 0.05) is 32.3 Å². The van der Waals surface area contributed by atoms with E-state index in [9.17, 15) is 34.2 Å². The van der Waals surface area contributed by atoms with Crippen molar-refractivity contribution in [2.24, 2.45) is 5.92 Å². The van der Waals surface area contributed by atoms with Crippen LogP contribution in [0, 0.1) is 17.8 Å². The summed E-state index contributed by atoms with van der Waals surface area (Å²) in [6.07, 6.45) is 12.9. The van der Waals surface area contributed by atoms with E-state index in [4.69, 9.17) is 14.2 Å². The molecule has 11 heteroatoms. The molecule has 0 radical (unpaired) electrons. The van der Waals surface area contributed by atoms with E-state index < -0.39 is 59.8 Å². The van der Waals surface area contributed by atoms with Gasteiger partial charge in [-0.1, -0.05) is 75.7 Å². The summed E-state index contributed by atoms with van der Waals surface area (Å²) < 4.78 is 15.8. The molecule has 0 aliphatic rings. The number of aliphatic hydroxyl groups excluding tert-OH is 1. The Hall–Kier alpha value is -4.01. The van der Waals surface area contributed by atoms with Gasteiger partial charge in [-0.3, -0.25) is 19.2 Å². The zero-order valence-electron chi connectivity index (χ0n) is 33.5. The monoisotopic (exact) mass is 755 g/mol. The van der Waals surface area contributed by atoms with Crippen molar-refractivity contribution >= 4 is 29.4 Å². The lowest BCUT2D eigenvalue weighted by Gasteiger charge is -2.34. The molecule has 3 N–H and O–H groups in total. The van der Waals surface area contributed by atoms with Crippen LogP contribution < -0.4 is 10.1 Å². The van der Waals surface area contributed by atoms with E-state index in [0.29, 0.717) is 36.4 Å². The third-order valence-electron chi connectivity index (χ3n) is 8.87. The Kier molecular flexibility index (Phi) is 23.7. The van der Waals surface area contributed by atoms with Crippen molar-refractivity contribution in [2.45, 2.75) is 155 Å². The van der Waals surface area contributed by atoms with Crippen molar-refractivity contribution in [1.82, 2.24) is 5.32 Å². The molecule has 0 spiro atoms. The van der Waals surface area contributed by atoms with E-state index in [0.717, 1.165) is 38.5 Å². The molecular weight excluding hydrogens is 690 g/mol. The molecule has 54 heavy (non-hydrogen) atoms. The highest BCUT2D eigenvalue weighted by atomic mass is 16.6. The van der Waals surface area contributed by atoms with E-state index in [1.807, 2.05) is 0 Å². The second-order valence-electron chi connectivity index (χ2n) is 14.6. The highest BCUT2D eigenvalue weighted by Crippen LogP contribution is 2.29. The zero-order chi connectivity index (χ0) is 40.4. The lowest BCUT2D eigenvalue weighted by molar-refractivity contribution is -0.185. The van der Waals surface area contributed by atoms with E-state index >= 15 is 0 Å². The summed E-state index contributed by atoms with van der Waals surface area (Å²) in [5, 5.41) is 24.5. The van der Waals surface area contributed by atoms with Gasteiger partial charge in [0.2, 0.25) is 5.91 Å². The number of unbranched alkanes of at least 4 members (excludes halogenated alkanes) is 8. The smallest absolute Gasteiger partial charge is 0.339 e. The molecule has 302 valence electrons. The number of aliphatic hydroxyl groups is 2. The highest BCUT2D eigenvalue weighted by Gasteiger charge is 2.49. The van der Waals surface area contributed by atoms with Crippen molar-refractivity contribution in [1.29, 1.82) is 0 Å². The molecule has 3 atom stereocenters. The van der Waals surface area contributed by atoms with Crippen molar-refractivity contribution in [3.05, 3.63) is 42.0 Å². The SMILES string of the molecule is CC#CCOc1ccc(C[C@H](NC(=O)[C@@H](/C=C/CCCCCCC(=O)CCCCCCC)[C@@](O)(CCO)C(=O)OC(C)(C)C)C(=O)CCC(=O)OC)cc1. The lowest BCUT2D eigenvalue weighted by atomic mass is 9.82. The number of Topliss-reactive ketones (excluding diaryl/α,β-unsaturated/α-hetero) is 2. The van der Waals surface area contributed by atoms with Gasteiger partial charge >= 0.3 is 11.9 Å². The average molecular weight is 756 g/mol. The maximum Gasteiger partial charge on any atom is 0.339 e. The second-order valence-corrected chi connectivity index (χ2v) is 14.6. The second kappa shape index (κ2) is 26.7. The summed E-state index contributed by atoms with van der Waals surface area (Å²) in [5.41, 5.74) is -2.79. The molecule has 1 amide bonds. The molecule has 0 fully saturated rings. The molecule has 0 aromatic heterocycles. The first-order valence-corrected chi connectivity index (χ1v) is 19.5. The Morgan fingerprint density at radius 3 is 2.09 bits per heavy atom. The van der Waals surface area contributed by atoms with Crippen molar-refractivity contribution < 1.29 is 48.4 Å². The molecule has 0 saturated heterocycles. The predicted molar refractivity (Wildman–Crippen MR) is 208 cm³/mol. The maximum atomic E-state index is 14.1. The Balaban J connectivity index is 3.18. The first-order chi connectivity index (χ1) is 25.7. The number of rotatable bonds is 28. The van der Waals surface area contributed by atoms with Gasteiger partial charge < -0.3 is 29.7 Å². The summed E-state index contributed by atoms with van der Waals surface area (Å²) in [6.45, 7) is 8.34. The van der Waals surface area contributed by atoms with Crippen LogP contribution in [-0.4, -0.2) is 77.2 Å². The number of hydrogen-bond acceptors (Lipinski definition) is 10. The zero-order valence-corrected chi connectivity index (χ0v) is 33.5. The highest BCUT2D eigenvalue weighted by molar-refractivity contribution is 5.95. The number of ketones is 2. The Labute approximate surface area is 323 Å². The van der Waals surface area contributed by atoms with Crippen LogP contribution in [0.2, 0.25) is 0 Å². The Morgan fingerprint density at radius 2 is 1.52 bits per heavy atom. The van der Waals surface area contributed by atoms with Crippen LogP contribution in [-0.2, 0) is 39.9 Å². The van der Waals surface area contributed by atoms with Gasteiger partial charge in [0.15, 0.2) is 11.4 Å². The van der Waals surface area contributed by atoms with Gasteiger partial charge in [-0.25, -0.2) is 4.79 Å². The van der Waals surface area contributed by atoms with Crippen molar-refractivity contribution in [3.8, 4) is 17.6 Å². The van der Waals surface area contributed by atoms with Gasteiger partial charge in [0.1, 0.15) is 23.7 Å². The number of ether oxygens (including phenoxy) is 3. The van der Waals surface area contributed by atoms with Crippen LogP contribution in [0.3, 0.4) is 0 Å². The quantitative estimate of drug-likeness (QED) is 0.0370. The third kappa shape index (κ3) is 19.9. The molecule has 1 aromatic rings. The number of esters is 2. The molecule has 0 saturated carbocycles. The summed E-state index contributed by atoms with van der Waals surface area (Å²) in [6, 6.07) is 5.78. The minimum Gasteiger partial charge on any atom is -0.481 e. The summed E-state index contributed by atoms with van der Waals surface area (Å²) in [7, 11) is 1.22. The summed E-state index contributed by atoms with van der Waals surface area (Å²) in [4.78, 5) is 65.2. The minimum atomic E-state index is -2.46. The molecule has 11 nitrogen and oxygen atoms in total. The van der Waals surface area contributed by atoms with Crippen LogP contribution in [0.25, 0.3) is 0 Å². The van der Waals surface area contributed by atoms with Crippen LogP contribution in [0.5, 0.6) is 5.75 Å². The van der Waals surface area contributed by atoms with E-state index in [1.165, 1.54) is 32.4 Å². The fourth-order valence-electron chi connectivity index (χ4n) is 5.76. The van der Waals surface area contributed by atoms with Crippen LogP contribution >= 0.6 is 0 Å². The molecule has 0 bridgehead atoms. The maximum absolute atomic E-state index is 14.1. The van der Waals surface area contributed by atoms with Crippen LogP contribution in [0.4, 0.5) is 0 Å². The minimum absolute atomic E-state index is 0.0451. The first-order valence-electron chi connectivity index (χ1n) is 19.5. The number of hydrogen-bond donors (Lipinski definition) is 3. The van der Waals surface area contributed by atoms with Gasteiger partial charge in [-0.2, -0.15) is 0 Å². The number of benzene rings is 1. The first kappa shape index (κ1) is 48.0. The van der Waals surface area contributed by atoms with E-state index in [-0.39, 0.29) is 25.9 Å². The number of amides is 1. The molecule has 1 aromatic carbocycles. The van der Waals surface area contributed by atoms with Crippen molar-refractivity contribution in [3.63, 3.8) is 0 Å². The number of carbonyl (C=O) groups is 5. The van der Waals surface area contributed by atoms with E-state index in [1.54, 1.807) is 58.0 Å². The molecular formula is C43H65NO10. The fourth-order valence-corrected chi connectivity index (χ4v) is 5.76. The Morgan fingerprint density at radius 1 is 0.889 bits per heavy atom. The lowest BCUT2D eigenvalue weighted by Crippen LogP contribution is -2.56. The van der Waals surface area contributed by atoms with E-state index in [2.05, 4.69) is 24.1 Å². The van der Waals surface area contributed by atoms with Crippen molar-refractivity contribution in [2.75, 3.05) is 20.3 Å². The van der Waals surface area contributed by atoms with Gasteiger partial charge in [-0.15, -0.1) is 5.92 Å². The largest absolute Gasteiger partial charge is 0.481 e. The Bertz CT molecular complexity index is 1390. The molecule has 0 aliphatic heterocycles. The fraction of sp³-hybridized carbons (Fsp3) is 0.651. The number of allylic oxidation sites excluding steroid dienone is 1. The summed E-state index contributed by atoms with van der Waals surface area (Å²) in [5.74, 6) is 1.97. The number of carbonyl (C=O) groups excluding carboxylic acids is 5. The van der Waals surface area contributed by atoms with Crippen LogP contribution in [0.1, 0.15) is 136 Å². The number of methoxy groups -OCH3 is 1. The van der Waals surface area contributed by atoms with Gasteiger partial charge in [0.25, 0.3) is 0 Å². The molecule has 0 heterocycles. The average Bonchev–Trinajstić information content (AvgIpc) is 3.12. The van der Waals surface area contributed by atoms with Gasteiger partial charge in [-0.05, 0) is 77.5 Å². The normalized spacial score (nSPS) is 13.6. The standard InChI is InChI=1S/C43H65NO10/c1-7-9-11-14-17-20-34(46)21-18-15-12-13-16-19-22-36(43(51,29-30-45)41(50)54-42(3,4)5)40(49)44-37(38(47)27-28-39(48)52-6)32-33-23-25-35(26-24-33)53-31-10-8-2/h19,22-26,36-37,45,51H,7,9,11-18,20-21,27-32H2,1-6H3,(H,44,49)/b22-19+/t36-,37+,43+/m1/s1. The molecule has 0 aliphatic carbocycles. The van der Waals surface area contributed by atoms with Crippen LogP contribution in [0.15, 0.2) is 36.4 Å². The van der Waals surface area contributed by atoms with Gasteiger partial charge in [0.05, 0.1) is 25.5 Å². The summed E-state index contributed by atoms with van der Waals surface area (Å²) >= 11 is 0.